The minimum Gasteiger partial charge on any atom is -0.459 e. The molecule has 288 valence electrons. The van der Waals surface area contributed by atoms with Gasteiger partial charge in [-0.15, -0.1) is 0 Å². The van der Waals surface area contributed by atoms with Crippen molar-refractivity contribution in [3.8, 4) is 0 Å². The van der Waals surface area contributed by atoms with Gasteiger partial charge >= 0.3 is 11.9 Å². The number of fused-ring (bicyclic) bond motifs is 5. The van der Waals surface area contributed by atoms with E-state index >= 15 is 0 Å². The van der Waals surface area contributed by atoms with E-state index in [2.05, 4.69) is 5.32 Å². The molecule has 4 aliphatic carbocycles. The van der Waals surface area contributed by atoms with Gasteiger partial charge in [0.2, 0.25) is 5.91 Å². The van der Waals surface area contributed by atoms with Gasteiger partial charge in [0.25, 0.3) is 0 Å². The van der Waals surface area contributed by atoms with Gasteiger partial charge in [-0.25, -0.2) is 4.79 Å². The maximum absolute atomic E-state index is 14.4. The van der Waals surface area contributed by atoms with Gasteiger partial charge in [0.1, 0.15) is 29.5 Å². The van der Waals surface area contributed by atoms with E-state index in [-0.39, 0.29) is 136 Å². The SMILES string of the molecule is CC(=O)O[C@H]1[C@@H]2[C@]3(O)CO[C@@H]3C[C@H](O)[C@@]2(C)C(=O)[C@H](O)C2=C(C)[C@@H](OC(=O)[C@H](O)[C@@H](NC(=O)CCC(C)C)C3CCCCC3)C[C@]1(O)C2(C)C.[Ac].[Ac]. The van der Waals surface area contributed by atoms with E-state index in [1.165, 1.54) is 6.92 Å². The summed E-state index contributed by atoms with van der Waals surface area (Å²) < 4.78 is 17.4. The number of hydrogen-bond donors (Lipinski definition) is 6. The molecule has 0 aromatic heterocycles. The summed E-state index contributed by atoms with van der Waals surface area (Å²) in [7, 11) is 0. The van der Waals surface area contributed by atoms with Gasteiger partial charge < -0.3 is 45.1 Å². The first-order valence-corrected chi connectivity index (χ1v) is 18.2. The Balaban J connectivity index is 0.00000364. The molecule has 6 N–H and O–H groups in total. The fourth-order valence-corrected chi connectivity index (χ4v) is 9.78. The molecule has 1 amide bonds. The van der Waals surface area contributed by atoms with Gasteiger partial charge in [0.15, 0.2) is 11.9 Å². The zero-order valence-corrected chi connectivity index (χ0v) is 41.1. The maximum Gasteiger partial charge on any atom is 0.337 e. The van der Waals surface area contributed by atoms with Crippen molar-refractivity contribution in [3.63, 3.8) is 0 Å². The second-order valence-electron chi connectivity index (χ2n) is 16.7. The Bertz CT molecular complexity index is 1400. The Morgan fingerprint density at radius 1 is 1.02 bits per heavy atom. The van der Waals surface area contributed by atoms with Gasteiger partial charge in [-0.2, -0.15) is 0 Å². The van der Waals surface area contributed by atoms with E-state index in [4.69, 9.17) is 14.2 Å². The number of amides is 1. The number of esters is 2. The molecule has 13 nitrogen and oxygen atoms in total. The Morgan fingerprint density at radius 3 is 2.17 bits per heavy atom. The number of Topliss-reactive ketones (excluding diaryl/α,β-unsaturated/α-hetero) is 1. The molecule has 0 aromatic carbocycles. The number of hydrogen-bond acceptors (Lipinski definition) is 12. The first-order chi connectivity index (χ1) is 23.2. The van der Waals surface area contributed by atoms with Crippen LogP contribution in [0.5, 0.6) is 0 Å². The van der Waals surface area contributed by atoms with Crippen molar-refractivity contribution in [2.75, 3.05) is 6.61 Å². The van der Waals surface area contributed by atoms with E-state index in [0.717, 1.165) is 26.2 Å². The number of rotatable bonds is 9. The molecule has 5 aliphatic rings. The number of aliphatic hydroxyl groups is 5. The summed E-state index contributed by atoms with van der Waals surface area (Å²) in [5, 5.41) is 62.7. The van der Waals surface area contributed by atoms with Crippen LogP contribution in [0.2, 0.25) is 0 Å². The predicted molar refractivity (Wildman–Crippen MR) is 178 cm³/mol. The molecule has 5 rings (SSSR count). The van der Waals surface area contributed by atoms with Crippen molar-refractivity contribution in [1.82, 2.24) is 5.32 Å². The topological polar surface area (TPSA) is 209 Å². The van der Waals surface area contributed by atoms with Crippen molar-refractivity contribution >= 4 is 23.6 Å². The van der Waals surface area contributed by atoms with Gasteiger partial charge in [-0.05, 0) is 56.1 Å². The van der Waals surface area contributed by atoms with E-state index in [1.54, 1.807) is 20.8 Å². The Morgan fingerprint density at radius 2 is 1.63 bits per heavy atom. The zero-order valence-electron chi connectivity index (χ0n) is 31.6. The quantitative estimate of drug-likeness (QED) is 0.144. The third-order valence-corrected chi connectivity index (χ3v) is 12.9. The molecular formula is C37H57Ac2NO12. The minimum atomic E-state index is -2.18. The number of ketones is 1. The van der Waals surface area contributed by atoms with Gasteiger partial charge in [0.05, 0.1) is 30.3 Å². The summed E-state index contributed by atoms with van der Waals surface area (Å²) >= 11 is 0. The summed E-state index contributed by atoms with van der Waals surface area (Å²) in [5.41, 5.74) is -7.09. The molecule has 52 heavy (non-hydrogen) atoms. The average Bonchev–Trinajstić information content (AvgIpc) is 3.04. The molecule has 2 bridgehead atoms. The van der Waals surface area contributed by atoms with Crippen LogP contribution in [-0.4, -0.2) is 110 Å². The largest absolute Gasteiger partial charge is 0.459 e. The van der Waals surface area contributed by atoms with Crippen LogP contribution in [0.25, 0.3) is 0 Å². The summed E-state index contributed by atoms with van der Waals surface area (Å²) in [5.74, 6) is -4.32. The summed E-state index contributed by atoms with van der Waals surface area (Å²) in [4.78, 5) is 54.0. The predicted octanol–water partition coefficient (Wildman–Crippen LogP) is 1.63. The van der Waals surface area contributed by atoms with Crippen LogP contribution in [0.4, 0.5) is 0 Å². The summed E-state index contributed by atoms with van der Waals surface area (Å²) in [6.45, 7) is 11.0. The first-order valence-electron chi connectivity index (χ1n) is 18.2. The van der Waals surface area contributed by atoms with Crippen molar-refractivity contribution in [2.45, 2.75) is 160 Å². The Labute approximate surface area is 378 Å². The molecule has 15 heteroatoms. The molecule has 0 spiro atoms. The third kappa shape index (κ3) is 8.10. The van der Waals surface area contributed by atoms with Crippen molar-refractivity contribution in [2.24, 2.45) is 28.6 Å². The molecule has 3 saturated carbocycles. The monoisotopic (exact) mass is 1160 g/mol. The van der Waals surface area contributed by atoms with Crippen molar-refractivity contribution in [1.29, 1.82) is 0 Å². The van der Waals surface area contributed by atoms with Crippen LogP contribution < -0.4 is 5.32 Å². The van der Waals surface area contributed by atoms with Gasteiger partial charge in [-0.3, -0.25) is 14.4 Å². The van der Waals surface area contributed by atoms with E-state index in [9.17, 15) is 44.7 Å². The van der Waals surface area contributed by atoms with Crippen molar-refractivity contribution in [3.05, 3.63) is 11.1 Å². The van der Waals surface area contributed by atoms with Crippen LogP contribution in [-0.2, 0) is 33.4 Å². The summed E-state index contributed by atoms with van der Waals surface area (Å²) in [6, 6.07) is -0.917. The first kappa shape index (κ1) is 46.8. The fourth-order valence-electron chi connectivity index (χ4n) is 9.78. The fraction of sp³-hybridized carbons (Fsp3) is 0.838. The number of nitrogens with one attached hydrogen (secondary N) is 1. The van der Waals surface area contributed by atoms with Crippen LogP contribution >= 0.6 is 0 Å². The smallest absolute Gasteiger partial charge is 0.337 e. The van der Waals surface area contributed by atoms with Gasteiger partial charge in [-0.1, -0.05) is 47.0 Å². The van der Waals surface area contributed by atoms with Crippen molar-refractivity contribution < 1.29 is 147 Å². The number of ether oxygens (including phenoxy) is 3. The van der Waals surface area contributed by atoms with Crippen LogP contribution in [0.15, 0.2) is 11.1 Å². The van der Waals surface area contributed by atoms with Crippen LogP contribution in [0, 0.1) is 117 Å². The molecule has 0 unspecified atom stereocenters. The normalized spacial score (nSPS) is 38.1. The molecule has 1 heterocycles. The summed E-state index contributed by atoms with van der Waals surface area (Å²) in [6.07, 6.45) is -4.42. The number of aliphatic hydroxyl groups excluding tert-OH is 3. The van der Waals surface area contributed by atoms with Gasteiger partial charge in [0, 0.05) is 126 Å². The van der Waals surface area contributed by atoms with E-state index in [1.807, 2.05) is 13.8 Å². The molecule has 1 aliphatic heterocycles. The molecule has 1 saturated heterocycles. The Kier molecular flexibility index (Phi) is 15.8. The van der Waals surface area contributed by atoms with E-state index < -0.39 is 94.8 Å². The van der Waals surface area contributed by atoms with Crippen LogP contribution in [0.3, 0.4) is 0 Å². The molecular weight excluding hydrogens is 1100 g/mol. The molecule has 11 atom stereocenters. The number of carbonyl (C=O) groups excluding carboxylic acids is 4. The molecule has 0 aromatic rings. The third-order valence-electron chi connectivity index (χ3n) is 12.9. The van der Waals surface area contributed by atoms with E-state index in [0.29, 0.717) is 19.3 Å². The number of carbonyl (C=O) groups is 4. The standard InChI is InChI=1S/C37H57NO12.2Ac/c1-18(2)13-14-25(41)38-27(21-11-9-8-10-12-21)29(43)33(45)50-22-16-37(47)32(49-20(4)39)30-35(7,23(40)15-24-36(30,46)17-48-24)31(44)28(42)26(19(22)3)34(37,5)6;;/h18,21-24,27-30,32,40,42-43,46-47H,8-17H2,1-7H3,(H,38,41);;/t22-,23-,24+,27-,28+,29+,30-,32-,35+,36-,37+;;/m0../s1. The average molecular weight is 1160 g/mol. The molecule has 2 radical (unpaired) electrons. The second kappa shape index (κ2) is 17.5. The zero-order chi connectivity index (χ0) is 37.1. The van der Waals surface area contributed by atoms with Crippen LogP contribution in [0.1, 0.15) is 106 Å². The minimum absolute atomic E-state index is 0. The molecule has 4 fully saturated rings. The second-order valence-corrected chi connectivity index (χ2v) is 16.7. The Hall–Kier alpha value is 0.463. The maximum atomic E-state index is 14.4.